The van der Waals surface area contributed by atoms with Gasteiger partial charge in [-0.05, 0) is 156 Å². The molecule has 0 amide bonds. The minimum Gasteiger partial charge on any atom is -0.508 e. The molecule has 0 heterocycles. The highest BCUT2D eigenvalue weighted by molar-refractivity contribution is 14.2. The number of benzene rings is 2. The number of hydrogen-bond acceptors (Lipinski definition) is 5. The molecule has 8 heteroatoms. The van der Waals surface area contributed by atoms with Crippen molar-refractivity contribution in [1.82, 2.24) is 1.33 Å². The number of carbonyl (C=O) groups excluding carboxylic acids is 1. The van der Waals surface area contributed by atoms with E-state index >= 15 is 0 Å². The molecule has 0 bridgehead atoms. The van der Waals surface area contributed by atoms with E-state index in [0.717, 1.165) is 60.3 Å². The first kappa shape index (κ1) is 39.1. The fraction of sp³-hybridized carbons (Fsp3) is 0.643. The van der Waals surface area contributed by atoms with Crippen LogP contribution < -0.4 is 4.74 Å². The molecule has 0 aliphatic heterocycles. The minimum absolute atomic E-state index is 0.0715. The van der Waals surface area contributed by atoms with Gasteiger partial charge in [0.15, 0.2) is 3.55 Å². The van der Waals surface area contributed by atoms with E-state index in [0.29, 0.717) is 23.3 Å². The van der Waals surface area contributed by atoms with E-state index in [-0.39, 0.29) is 23.2 Å². The molecule has 274 valence electrons. The Morgan fingerprint density at radius 3 is 2.28 bits per heavy atom. The summed E-state index contributed by atoms with van der Waals surface area (Å²) in [6.07, 6.45) is 17.0. The van der Waals surface area contributed by atoms with Crippen molar-refractivity contribution >= 4 is 74.3 Å². The maximum Gasteiger partial charge on any atom is 0.338 e. The molecular weight excluding hydrogens is 963 g/mol. The molecule has 3 saturated carbocycles. The second-order valence-corrected chi connectivity index (χ2v) is 22.5. The molecule has 5 nitrogen and oxygen atoms in total. The molecule has 9 atom stereocenters. The molecule has 50 heavy (non-hydrogen) atoms. The number of phenols is 1. The lowest BCUT2D eigenvalue weighted by atomic mass is 9.47. The summed E-state index contributed by atoms with van der Waals surface area (Å²) in [5.74, 6) is 6.37. The number of hydrogen-bond donors (Lipinski definition) is 1. The summed E-state index contributed by atoms with van der Waals surface area (Å²) in [4.78, 5) is 14.0. The monoisotopic (exact) mass is 1020 g/mol. The van der Waals surface area contributed by atoms with Crippen molar-refractivity contribution in [2.45, 2.75) is 121 Å². The predicted molar refractivity (Wildman–Crippen MR) is 228 cm³/mol. The molecule has 1 N–H and O–H groups in total. The lowest BCUT2D eigenvalue weighted by Crippen LogP contribution is -2.51. The van der Waals surface area contributed by atoms with Gasteiger partial charge in [0.1, 0.15) is 23.4 Å². The van der Waals surface area contributed by atoms with Crippen LogP contribution in [0, 0.1) is 46.3 Å². The predicted octanol–water partition coefficient (Wildman–Crippen LogP) is 12.8. The summed E-state index contributed by atoms with van der Waals surface area (Å²) in [5.41, 5.74) is 3.33. The summed E-state index contributed by atoms with van der Waals surface area (Å²) < 4.78 is 13.4. The van der Waals surface area contributed by atoms with Gasteiger partial charge in [-0.1, -0.05) is 77.7 Å². The van der Waals surface area contributed by atoms with Gasteiger partial charge in [-0.3, -0.25) is 0 Å². The minimum atomic E-state index is -0.843. The number of alkyl halides is 1. The zero-order valence-corrected chi connectivity index (χ0v) is 36.9. The normalized spacial score (nSPS) is 32.4. The standard InChI is InChI=1S/C42H56I3NO4/c1-27(2)7-6-8-28(3)36-19-20-37-35-18-11-30-25-34(21-23-40(30,4)38(35)22-24-41(36,37)5)50-39(48)42(43,46(44)45)26-29-9-14-32(15-10-29)49-33-16-12-31(47)13-17-33/h9-17,27-28,34-38,47H,6-8,18-26H2,1-5H3/t28-,34?,35+,36-,37+,38+,40+,41-,42+/m1/s1. The zero-order chi connectivity index (χ0) is 35.8. The molecular formula is C42H56I3NO4. The van der Waals surface area contributed by atoms with Gasteiger partial charge in [0, 0.05) is 58.6 Å². The SMILES string of the molecule is CC(C)CCC[C@@H](C)[C@H]1CC[C@H]2[C@@H]3CC=C4CC(OC(=O)[C@](I)(Cc5ccc(Oc6ccc(O)cc6)cc5)N(I)I)CC[C@]4(C)[C@H]3CC[C@]12C. The molecule has 0 spiro atoms. The van der Waals surface area contributed by atoms with Crippen molar-refractivity contribution in [2.24, 2.45) is 46.3 Å². The van der Waals surface area contributed by atoms with Crippen LogP contribution in [-0.2, 0) is 16.0 Å². The van der Waals surface area contributed by atoms with Gasteiger partial charge in [-0.2, -0.15) is 1.33 Å². The van der Waals surface area contributed by atoms with Crippen molar-refractivity contribution in [3.8, 4) is 17.2 Å². The van der Waals surface area contributed by atoms with Crippen molar-refractivity contribution < 1.29 is 19.4 Å². The lowest BCUT2D eigenvalue weighted by molar-refractivity contribution is -0.155. The molecule has 0 saturated heterocycles. The fourth-order valence-electron chi connectivity index (χ4n) is 10.8. The second kappa shape index (κ2) is 16.0. The number of carbonyl (C=O) groups is 1. The Hall–Kier alpha value is -0.600. The van der Waals surface area contributed by atoms with Gasteiger partial charge in [0.2, 0.25) is 0 Å². The third-order valence-electron chi connectivity index (χ3n) is 13.5. The maximum absolute atomic E-state index is 14.0. The first-order valence-electron chi connectivity index (χ1n) is 19.0. The summed E-state index contributed by atoms with van der Waals surface area (Å²) >= 11 is 6.72. The van der Waals surface area contributed by atoms with Crippen LogP contribution in [-0.4, -0.2) is 22.1 Å². The Kier molecular flexibility index (Phi) is 12.5. The number of halogens is 3. The number of rotatable bonds is 12. The van der Waals surface area contributed by atoms with Crippen LogP contribution in [0.2, 0.25) is 0 Å². The van der Waals surface area contributed by atoms with Gasteiger partial charge in [0.25, 0.3) is 0 Å². The Morgan fingerprint density at radius 1 is 0.940 bits per heavy atom. The molecule has 0 radical (unpaired) electrons. The number of phenolic OH excluding ortho intramolecular Hbond substituents is 1. The molecule has 6 rings (SSSR count). The first-order valence-corrected chi connectivity index (χ1v) is 22.0. The third-order valence-corrected chi connectivity index (χ3v) is 18.3. The lowest BCUT2D eigenvalue weighted by Gasteiger charge is -2.58. The van der Waals surface area contributed by atoms with E-state index in [1.807, 2.05) is 25.6 Å². The highest BCUT2D eigenvalue weighted by Gasteiger charge is 2.59. The average molecular weight is 1020 g/mol. The molecule has 1 unspecified atom stereocenters. The quantitative estimate of drug-likeness (QED) is 0.0573. The number of nitrogens with zero attached hydrogens (tertiary/aromatic N) is 1. The second-order valence-electron chi connectivity index (χ2n) is 17.0. The summed E-state index contributed by atoms with van der Waals surface area (Å²) in [7, 11) is 0. The summed E-state index contributed by atoms with van der Waals surface area (Å²) in [5, 5.41) is 9.55. The van der Waals surface area contributed by atoms with Gasteiger partial charge in [0.05, 0.1) is 0 Å². The van der Waals surface area contributed by atoms with E-state index < -0.39 is 3.55 Å². The van der Waals surface area contributed by atoms with E-state index in [1.165, 1.54) is 51.4 Å². The van der Waals surface area contributed by atoms with Crippen LogP contribution in [0.5, 0.6) is 17.2 Å². The van der Waals surface area contributed by atoms with Crippen molar-refractivity contribution in [2.75, 3.05) is 0 Å². The highest BCUT2D eigenvalue weighted by Crippen LogP contribution is 2.67. The molecule has 0 aromatic heterocycles. The van der Waals surface area contributed by atoms with Crippen LogP contribution in [0.4, 0.5) is 0 Å². The van der Waals surface area contributed by atoms with Crippen LogP contribution >= 0.6 is 68.3 Å². The Morgan fingerprint density at radius 2 is 1.62 bits per heavy atom. The van der Waals surface area contributed by atoms with Crippen LogP contribution in [0.1, 0.15) is 111 Å². The molecule has 4 aliphatic carbocycles. The van der Waals surface area contributed by atoms with Crippen molar-refractivity contribution in [3.05, 3.63) is 65.7 Å². The van der Waals surface area contributed by atoms with E-state index in [2.05, 4.69) is 109 Å². The van der Waals surface area contributed by atoms with E-state index in [1.54, 1.807) is 29.8 Å². The van der Waals surface area contributed by atoms with Crippen LogP contribution in [0.3, 0.4) is 0 Å². The smallest absolute Gasteiger partial charge is 0.338 e. The largest absolute Gasteiger partial charge is 0.508 e. The Balaban J connectivity index is 1.08. The Bertz CT molecular complexity index is 1510. The van der Waals surface area contributed by atoms with Crippen molar-refractivity contribution in [1.29, 1.82) is 0 Å². The number of allylic oxidation sites excluding steroid dienone is 1. The van der Waals surface area contributed by atoms with Gasteiger partial charge in [-0.15, -0.1) is 0 Å². The first-order chi connectivity index (χ1) is 23.7. The number of aromatic hydroxyl groups is 1. The molecule has 3 fully saturated rings. The van der Waals surface area contributed by atoms with Crippen LogP contribution in [0.15, 0.2) is 60.2 Å². The van der Waals surface area contributed by atoms with Gasteiger partial charge in [-0.25, -0.2) is 4.79 Å². The van der Waals surface area contributed by atoms with E-state index in [9.17, 15) is 9.90 Å². The average Bonchev–Trinajstić information content (AvgIpc) is 3.44. The third kappa shape index (κ3) is 8.08. The fourth-order valence-corrected chi connectivity index (χ4v) is 12.1. The van der Waals surface area contributed by atoms with Gasteiger partial charge < -0.3 is 14.6 Å². The van der Waals surface area contributed by atoms with Gasteiger partial charge >= 0.3 is 5.97 Å². The van der Waals surface area contributed by atoms with Crippen molar-refractivity contribution in [3.63, 3.8) is 0 Å². The topological polar surface area (TPSA) is 59.0 Å². The van der Waals surface area contributed by atoms with Crippen LogP contribution in [0.25, 0.3) is 0 Å². The number of ether oxygens (including phenoxy) is 2. The molecule has 2 aromatic rings. The maximum atomic E-state index is 14.0. The zero-order valence-electron chi connectivity index (χ0n) is 30.5. The summed E-state index contributed by atoms with van der Waals surface area (Å²) in [6.45, 7) is 12.5. The highest BCUT2D eigenvalue weighted by atomic mass is 127. The number of fused-ring (bicyclic) bond motifs is 5. The molecule has 4 aliphatic rings. The number of esters is 1. The Labute approximate surface area is 342 Å². The summed E-state index contributed by atoms with van der Waals surface area (Å²) in [6, 6.07) is 14.6. The molecule has 2 aromatic carbocycles. The van der Waals surface area contributed by atoms with E-state index in [4.69, 9.17) is 9.47 Å².